The van der Waals surface area contributed by atoms with Crippen LogP contribution in [-0.4, -0.2) is 20.9 Å². The maximum atomic E-state index is 11.8. The molecule has 0 bridgehead atoms. The van der Waals surface area contributed by atoms with E-state index in [0.29, 0.717) is 6.42 Å². The third kappa shape index (κ3) is 2.78. The van der Waals surface area contributed by atoms with Crippen LogP contribution in [-0.2, 0) is 24.2 Å². The van der Waals surface area contributed by atoms with Gasteiger partial charge < -0.3 is 5.11 Å². The summed E-state index contributed by atoms with van der Waals surface area (Å²) in [6, 6.07) is 0. The minimum Gasteiger partial charge on any atom is -0.481 e. The molecule has 0 saturated heterocycles. The van der Waals surface area contributed by atoms with Gasteiger partial charge in [-0.15, -0.1) is 0 Å². The zero-order chi connectivity index (χ0) is 14.8. The predicted octanol–water partition coefficient (Wildman–Crippen LogP) is 3.81. The number of aromatic nitrogens is 2. The zero-order valence-corrected chi connectivity index (χ0v) is 13.9. The Bertz CT molecular complexity index is 490. The van der Waals surface area contributed by atoms with Crippen LogP contribution >= 0.6 is 15.9 Å². The first-order valence-corrected chi connectivity index (χ1v) is 8.31. The number of carbonyl (C=O) groups is 1. The van der Waals surface area contributed by atoms with Gasteiger partial charge in [0.25, 0.3) is 0 Å². The minimum absolute atomic E-state index is 0.587. The number of nitrogens with zero attached hydrogens (tertiary/aromatic N) is 2. The first kappa shape index (κ1) is 15.5. The minimum atomic E-state index is -0.647. The van der Waals surface area contributed by atoms with E-state index >= 15 is 0 Å². The summed E-state index contributed by atoms with van der Waals surface area (Å²) in [4.78, 5) is 11.8. The van der Waals surface area contributed by atoms with Crippen molar-refractivity contribution in [3.8, 4) is 0 Å². The summed E-state index contributed by atoms with van der Waals surface area (Å²) in [7, 11) is 0. The van der Waals surface area contributed by atoms with Gasteiger partial charge in [0, 0.05) is 13.0 Å². The lowest BCUT2D eigenvalue weighted by Crippen LogP contribution is -2.36. The van der Waals surface area contributed by atoms with Gasteiger partial charge in [-0.05, 0) is 42.1 Å². The molecule has 112 valence electrons. The SMILES string of the molecule is CCc1nn(CC)c(CC2(C(=O)O)CCCCC2)c1Br. The number of rotatable bonds is 5. The summed E-state index contributed by atoms with van der Waals surface area (Å²) in [6.07, 6.45) is 6.21. The van der Waals surface area contributed by atoms with Gasteiger partial charge in [-0.25, -0.2) is 0 Å². The van der Waals surface area contributed by atoms with Crippen molar-refractivity contribution in [2.75, 3.05) is 0 Å². The molecule has 1 fully saturated rings. The van der Waals surface area contributed by atoms with Crippen molar-refractivity contribution in [2.24, 2.45) is 5.41 Å². The van der Waals surface area contributed by atoms with Crippen LogP contribution in [0.15, 0.2) is 4.47 Å². The summed E-state index contributed by atoms with van der Waals surface area (Å²) < 4.78 is 2.97. The van der Waals surface area contributed by atoms with Crippen LogP contribution < -0.4 is 0 Å². The van der Waals surface area contributed by atoms with Gasteiger partial charge in [0.15, 0.2) is 0 Å². The summed E-state index contributed by atoms with van der Waals surface area (Å²) >= 11 is 3.63. The topological polar surface area (TPSA) is 55.1 Å². The smallest absolute Gasteiger partial charge is 0.310 e. The average Bonchev–Trinajstić information content (AvgIpc) is 2.76. The molecule has 5 heteroatoms. The summed E-state index contributed by atoms with van der Waals surface area (Å²) in [5.41, 5.74) is 1.48. The number of aryl methyl sites for hydroxylation is 2. The van der Waals surface area contributed by atoms with Crippen molar-refractivity contribution < 1.29 is 9.90 Å². The van der Waals surface area contributed by atoms with E-state index in [9.17, 15) is 9.90 Å². The Morgan fingerprint density at radius 3 is 2.50 bits per heavy atom. The van der Waals surface area contributed by atoms with Gasteiger partial charge in [-0.3, -0.25) is 9.48 Å². The second-order valence-electron chi connectivity index (χ2n) is 5.70. The van der Waals surface area contributed by atoms with E-state index in [2.05, 4.69) is 34.9 Å². The molecule has 0 amide bonds. The third-order valence-corrected chi connectivity index (χ3v) is 5.38. The monoisotopic (exact) mass is 342 g/mol. The lowest BCUT2D eigenvalue weighted by Gasteiger charge is -2.33. The van der Waals surface area contributed by atoms with Gasteiger partial charge in [-0.2, -0.15) is 5.10 Å². The zero-order valence-electron chi connectivity index (χ0n) is 12.3. The average molecular weight is 343 g/mol. The van der Waals surface area contributed by atoms with Crippen LogP contribution in [0.1, 0.15) is 57.3 Å². The van der Waals surface area contributed by atoms with E-state index in [4.69, 9.17) is 0 Å². The molecule has 0 atom stereocenters. The summed E-state index contributed by atoms with van der Waals surface area (Å²) in [5.74, 6) is -0.647. The van der Waals surface area contributed by atoms with E-state index in [1.165, 1.54) is 0 Å². The second-order valence-corrected chi connectivity index (χ2v) is 6.49. The molecule has 4 nitrogen and oxygen atoms in total. The Hall–Kier alpha value is -0.840. The van der Waals surface area contributed by atoms with Crippen molar-refractivity contribution in [3.05, 3.63) is 15.9 Å². The fourth-order valence-electron chi connectivity index (χ4n) is 3.20. The second kappa shape index (κ2) is 6.29. The Labute approximate surface area is 128 Å². The van der Waals surface area contributed by atoms with E-state index in [1.807, 2.05) is 4.68 Å². The van der Waals surface area contributed by atoms with E-state index < -0.39 is 11.4 Å². The summed E-state index contributed by atoms with van der Waals surface area (Å²) in [6.45, 7) is 4.91. The van der Waals surface area contributed by atoms with Gasteiger partial charge in [0.2, 0.25) is 0 Å². The molecule has 0 aromatic carbocycles. The number of hydrogen-bond donors (Lipinski definition) is 1. The number of carboxylic acid groups (broad SMARTS) is 1. The standard InChI is InChI=1S/C15H23BrN2O2/c1-3-11-13(16)12(18(4-2)17-11)10-15(14(19)20)8-6-5-7-9-15/h3-10H2,1-2H3,(H,19,20). The van der Waals surface area contributed by atoms with Crippen molar-refractivity contribution in [1.29, 1.82) is 0 Å². The molecule has 1 heterocycles. The lowest BCUT2D eigenvalue weighted by atomic mass is 9.71. The number of aliphatic carboxylic acids is 1. The molecule has 0 aliphatic heterocycles. The molecule has 1 aliphatic rings. The first-order chi connectivity index (χ1) is 9.54. The molecule has 0 radical (unpaired) electrons. The Balaban J connectivity index is 2.35. The van der Waals surface area contributed by atoms with Crippen molar-refractivity contribution in [1.82, 2.24) is 9.78 Å². The molecule has 0 unspecified atom stereocenters. The highest BCUT2D eigenvalue weighted by atomic mass is 79.9. The normalized spacial score (nSPS) is 18.1. The molecule has 1 aliphatic carbocycles. The maximum absolute atomic E-state index is 11.8. The highest BCUT2D eigenvalue weighted by molar-refractivity contribution is 9.10. The van der Waals surface area contributed by atoms with Crippen molar-refractivity contribution >= 4 is 21.9 Å². The van der Waals surface area contributed by atoms with Gasteiger partial charge in [0.1, 0.15) is 0 Å². The molecule has 1 aromatic heterocycles. The predicted molar refractivity (Wildman–Crippen MR) is 81.8 cm³/mol. The van der Waals surface area contributed by atoms with Crippen molar-refractivity contribution in [2.45, 2.75) is 65.3 Å². The Kier molecular flexibility index (Phi) is 4.89. The molecular weight excluding hydrogens is 320 g/mol. The van der Waals surface area contributed by atoms with Crippen molar-refractivity contribution in [3.63, 3.8) is 0 Å². The van der Waals surface area contributed by atoms with Gasteiger partial charge in [0.05, 0.1) is 21.3 Å². The number of hydrogen-bond acceptors (Lipinski definition) is 2. The molecule has 1 N–H and O–H groups in total. The third-order valence-electron chi connectivity index (χ3n) is 4.46. The summed E-state index contributed by atoms with van der Waals surface area (Å²) in [5, 5.41) is 14.3. The largest absolute Gasteiger partial charge is 0.481 e. The van der Waals surface area contributed by atoms with E-state index in [-0.39, 0.29) is 0 Å². The molecule has 0 spiro atoms. The lowest BCUT2D eigenvalue weighted by molar-refractivity contribution is -0.151. The van der Waals surface area contributed by atoms with E-state index in [0.717, 1.165) is 60.9 Å². The first-order valence-electron chi connectivity index (χ1n) is 7.51. The molecule has 1 aromatic rings. The molecular formula is C15H23BrN2O2. The fraction of sp³-hybridized carbons (Fsp3) is 0.733. The maximum Gasteiger partial charge on any atom is 0.310 e. The Morgan fingerprint density at radius 1 is 1.35 bits per heavy atom. The molecule has 2 rings (SSSR count). The van der Waals surface area contributed by atoms with E-state index in [1.54, 1.807) is 0 Å². The van der Waals surface area contributed by atoms with Crippen LogP contribution in [0.5, 0.6) is 0 Å². The highest BCUT2D eigenvalue weighted by Crippen LogP contribution is 2.41. The van der Waals surface area contributed by atoms with Crippen LogP contribution in [0.4, 0.5) is 0 Å². The molecule has 1 saturated carbocycles. The Morgan fingerprint density at radius 2 is 2.00 bits per heavy atom. The van der Waals surface area contributed by atoms with Crippen LogP contribution in [0.3, 0.4) is 0 Å². The van der Waals surface area contributed by atoms with Crippen LogP contribution in [0.25, 0.3) is 0 Å². The van der Waals surface area contributed by atoms with Gasteiger partial charge in [-0.1, -0.05) is 26.2 Å². The van der Waals surface area contributed by atoms with Gasteiger partial charge >= 0.3 is 5.97 Å². The molecule has 20 heavy (non-hydrogen) atoms. The highest BCUT2D eigenvalue weighted by Gasteiger charge is 2.41. The number of carboxylic acids is 1. The quantitative estimate of drug-likeness (QED) is 0.885. The van der Waals surface area contributed by atoms with Crippen LogP contribution in [0, 0.1) is 5.41 Å². The number of halogens is 1. The van der Waals surface area contributed by atoms with Crippen LogP contribution in [0.2, 0.25) is 0 Å². The fourth-order valence-corrected chi connectivity index (χ4v) is 3.91.